The van der Waals surface area contributed by atoms with E-state index >= 15 is 0 Å². The van der Waals surface area contributed by atoms with Crippen LogP contribution < -0.4 is 15.5 Å². The number of aromatic nitrogens is 1. The van der Waals surface area contributed by atoms with Crippen molar-refractivity contribution in [2.24, 2.45) is 0 Å². The highest BCUT2D eigenvalue weighted by atomic mass is 16.4. The number of anilines is 1. The maximum atomic E-state index is 12.1. The molecule has 1 aromatic carbocycles. The lowest BCUT2D eigenvalue weighted by atomic mass is 10.1. The molecule has 2 rings (SSSR count). The number of imide groups is 1. The van der Waals surface area contributed by atoms with Gasteiger partial charge in [-0.3, -0.25) is 4.57 Å². The summed E-state index contributed by atoms with van der Waals surface area (Å²) in [6.07, 6.45) is -0.471. The maximum absolute atomic E-state index is 12.1. The third-order valence-corrected chi connectivity index (χ3v) is 3.32. The fourth-order valence-corrected chi connectivity index (χ4v) is 2.31. The highest BCUT2D eigenvalue weighted by Gasteiger charge is 2.28. The SMILES string of the molecule is CNC(=O)N(C(=O)NC)c1cccc2c1c(C(=O)O)cn2C(=O)O. The zero-order valence-electron chi connectivity index (χ0n) is 12.7. The van der Waals surface area contributed by atoms with Crippen molar-refractivity contribution in [3.05, 3.63) is 30.0 Å². The smallest absolute Gasteiger partial charge is 0.416 e. The molecule has 1 heterocycles. The number of carbonyl (C=O) groups excluding carboxylic acids is 2. The van der Waals surface area contributed by atoms with E-state index in [4.69, 9.17) is 0 Å². The quantitative estimate of drug-likeness (QED) is 0.653. The van der Waals surface area contributed by atoms with Gasteiger partial charge in [-0.1, -0.05) is 6.07 Å². The van der Waals surface area contributed by atoms with Gasteiger partial charge in [-0.2, -0.15) is 0 Å². The predicted molar refractivity (Wildman–Crippen MR) is 83.7 cm³/mol. The molecule has 0 radical (unpaired) electrons. The number of urea groups is 2. The number of benzene rings is 1. The largest absolute Gasteiger partial charge is 0.478 e. The first kappa shape index (κ1) is 16.8. The molecule has 126 valence electrons. The van der Waals surface area contributed by atoms with Gasteiger partial charge in [-0.15, -0.1) is 0 Å². The standard InChI is InChI=1S/C14H14N4O6/c1-15-12(21)18(13(22)16-2)9-5-3-4-8-10(9)7(11(19)20)6-17(8)14(23)24/h3-6H,1-2H3,(H,15,21)(H,16,22)(H,19,20)(H,23,24). The van der Waals surface area contributed by atoms with Gasteiger partial charge in [-0.25, -0.2) is 24.1 Å². The second-order valence-corrected chi connectivity index (χ2v) is 4.62. The molecule has 0 aliphatic heterocycles. The lowest BCUT2D eigenvalue weighted by molar-refractivity contribution is 0.0699. The van der Waals surface area contributed by atoms with Crippen molar-refractivity contribution in [1.29, 1.82) is 0 Å². The molecule has 10 nitrogen and oxygen atoms in total. The monoisotopic (exact) mass is 334 g/mol. The Hall–Kier alpha value is -3.56. The van der Waals surface area contributed by atoms with Crippen LogP contribution in [0.5, 0.6) is 0 Å². The molecule has 0 bridgehead atoms. The van der Waals surface area contributed by atoms with E-state index in [1.807, 2.05) is 0 Å². The Morgan fingerprint density at radius 2 is 1.62 bits per heavy atom. The Balaban J connectivity index is 2.88. The molecule has 0 saturated carbocycles. The van der Waals surface area contributed by atoms with Gasteiger partial charge in [0.05, 0.1) is 16.8 Å². The third-order valence-electron chi connectivity index (χ3n) is 3.32. The van der Waals surface area contributed by atoms with Crippen LogP contribution in [0.2, 0.25) is 0 Å². The van der Waals surface area contributed by atoms with Gasteiger partial charge in [0.2, 0.25) is 0 Å². The second kappa shape index (κ2) is 6.28. The summed E-state index contributed by atoms with van der Waals surface area (Å²) in [5.41, 5.74) is -0.361. The van der Waals surface area contributed by atoms with Crippen LogP contribution in [0.1, 0.15) is 10.4 Å². The number of nitrogens with zero attached hydrogens (tertiary/aromatic N) is 2. The van der Waals surface area contributed by atoms with Gasteiger partial charge in [0.15, 0.2) is 0 Å². The summed E-state index contributed by atoms with van der Waals surface area (Å²) in [5.74, 6) is -1.39. The highest BCUT2D eigenvalue weighted by Crippen LogP contribution is 2.32. The zero-order valence-corrected chi connectivity index (χ0v) is 12.7. The molecule has 10 heteroatoms. The van der Waals surface area contributed by atoms with Crippen molar-refractivity contribution in [3.63, 3.8) is 0 Å². The highest BCUT2D eigenvalue weighted by molar-refractivity contribution is 6.21. The van der Waals surface area contributed by atoms with E-state index in [1.54, 1.807) is 0 Å². The van der Waals surface area contributed by atoms with Crippen molar-refractivity contribution >= 4 is 40.7 Å². The average Bonchev–Trinajstić information content (AvgIpc) is 2.95. The number of hydrogen-bond acceptors (Lipinski definition) is 4. The maximum Gasteiger partial charge on any atom is 0.416 e. The van der Waals surface area contributed by atoms with E-state index < -0.39 is 24.1 Å². The van der Waals surface area contributed by atoms with E-state index in [1.165, 1.54) is 32.3 Å². The van der Waals surface area contributed by atoms with E-state index in [9.17, 15) is 29.4 Å². The number of carboxylic acids is 1. The lowest BCUT2D eigenvalue weighted by Gasteiger charge is -2.21. The van der Waals surface area contributed by atoms with Crippen molar-refractivity contribution in [1.82, 2.24) is 15.2 Å². The molecule has 24 heavy (non-hydrogen) atoms. The molecule has 0 aliphatic carbocycles. The normalized spacial score (nSPS) is 10.2. The third kappa shape index (κ3) is 2.60. The van der Waals surface area contributed by atoms with Crippen LogP contribution in [-0.2, 0) is 0 Å². The molecular formula is C14H14N4O6. The number of fused-ring (bicyclic) bond motifs is 1. The molecular weight excluding hydrogens is 320 g/mol. The topological polar surface area (TPSA) is 141 Å². The van der Waals surface area contributed by atoms with Crippen LogP contribution in [0.25, 0.3) is 10.9 Å². The number of rotatable bonds is 2. The molecule has 0 fully saturated rings. The van der Waals surface area contributed by atoms with E-state index in [-0.39, 0.29) is 22.2 Å². The number of carbonyl (C=O) groups is 4. The molecule has 0 atom stereocenters. The molecule has 0 saturated heterocycles. The summed E-state index contributed by atoms with van der Waals surface area (Å²) in [7, 11) is 2.61. The summed E-state index contributed by atoms with van der Waals surface area (Å²) in [4.78, 5) is 47.6. The fourth-order valence-electron chi connectivity index (χ4n) is 2.31. The van der Waals surface area contributed by atoms with Crippen LogP contribution in [-0.4, -0.2) is 53.0 Å². The minimum Gasteiger partial charge on any atom is -0.478 e. The molecule has 4 N–H and O–H groups in total. The molecule has 0 unspecified atom stereocenters. The van der Waals surface area contributed by atoms with Crippen LogP contribution in [0.15, 0.2) is 24.4 Å². The molecule has 0 spiro atoms. The lowest BCUT2D eigenvalue weighted by Crippen LogP contribution is -2.47. The number of amides is 4. The predicted octanol–water partition coefficient (Wildman–Crippen LogP) is 1.35. The Morgan fingerprint density at radius 3 is 2.08 bits per heavy atom. The Morgan fingerprint density at radius 1 is 1.04 bits per heavy atom. The van der Waals surface area contributed by atoms with E-state index in [2.05, 4.69) is 10.6 Å². The summed E-state index contributed by atoms with van der Waals surface area (Å²) >= 11 is 0. The first-order chi connectivity index (χ1) is 11.3. The minimum absolute atomic E-state index is 0.0372. The first-order valence-corrected chi connectivity index (χ1v) is 6.67. The Bertz CT molecular complexity index is 840. The van der Waals surface area contributed by atoms with Gasteiger partial charge in [0.1, 0.15) is 0 Å². The first-order valence-electron chi connectivity index (χ1n) is 6.67. The van der Waals surface area contributed by atoms with Gasteiger partial charge < -0.3 is 20.8 Å². The van der Waals surface area contributed by atoms with Gasteiger partial charge in [0, 0.05) is 25.7 Å². The van der Waals surface area contributed by atoms with Crippen LogP contribution in [0, 0.1) is 0 Å². The minimum atomic E-state index is -1.39. The second-order valence-electron chi connectivity index (χ2n) is 4.62. The zero-order chi connectivity index (χ0) is 18.0. The average molecular weight is 334 g/mol. The van der Waals surface area contributed by atoms with Gasteiger partial charge in [0.25, 0.3) is 0 Å². The van der Waals surface area contributed by atoms with Crippen molar-refractivity contribution in [3.8, 4) is 0 Å². The van der Waals surface area contributed by atoms with Crippen LogP contribution in [0.4, 0.5) is 20.1 Å². The molecule has 1 aromatic heterocycles. The van der Waals surface area contributed by atoms with Crippen molar-refractivity contribution in [2.45, 2.75) is 0 Å². The van der Waals surface area contributed by atoms with Gasteiger partial charge >= 0.3 is 24.1 Å². The number of hydrogen-bond donors (Lipinski definition) is 4. The Labute approximate surface area is 135 Å². The summed E-state index contributed by atoms with van der Waals surface area (Å²) in [6.45, 7) is 0. The van der Waals surface area contributed by atoms with Gasteiger partial charge in [-0.05, 0) is 12.1 Å². The van der Waals surface area contributed by atoms with Crippen LogP contribution >= 0.6 is 0 Å². The van der Waals surface area contributed by atoms with Crippen molar-refractivity contribution < 1.29 is 29.4 Å². The Kier molecular flexibility index (Phi) is 4.40. The molecule has 2 aromatic rings. The number of aromatic carboxylic acids is 1. The number of nitrogens with one attached hydrogen (secondary N) is 2. The fraction of sp³-hybridized carbons (Fsp3) is 0.143. The van der Waals surface area contributed by atoms with Crippen LogP contribution in [0.3, 0.4) is 0 Å². The van der Waals surface area contributed by atoms with E-state index in [0.29, 0.717) is 9.47 Å². The molecule has 0 aliphatic rings. The number of carboxylic acid groups (broad SMARTS) is 2. The summed E-state index contributed by atoms with van der Waals surface area (Å²) < 4.78 is 0.716. The molecule has 4 amide bonds. The summed E-state index contributed by atoms with van der Waals surface area (Å²) in [6, 6.07) is 2.54. The van der Waals surface area contributed by atoms with Crippen molar-refractivity contribution in [2.75, 3.05) is 19.0 Å². The summed E-state index contributed by atoms with van der Waals surface area (Å²) in [5, 5.41) is 23.1. The van der Waals surface area contributed by atoms with E-state index in [0.717, 1.165) is 6.20 Å².